The van der Waals surface area contributed by atoms with Gasteiger partial charge in [-0.05, 0) is 31.6 Å². The summed E-state index contributed by atoms with van der Waals surface area (Å²) < 4.78 is 0. The summed E-state index contributed by atoms with van der Waals surface area (Å²) >= 11 is 0. The van der Waals surface area contributed by atoms with Crippen molar-refractivity contribution in [2.45, 2.75) is 45.1 Å². The summed E-state index contributed by atoms with van der Waals surface area (Å²) in [5, 5.41) is 6.64. The van der Waals surface area contributed by atoms with Crippen molar-refractivity contribution in [2.75, 3.05) is 27.2 Å². The summed E-state index contributed by atoms with van der Waals surface area (Å²) in [6, 6.07) is 0.457. The molecule has 2 N–H and O–H groups in total. The van der Waals surface area contributed by atoms with E-state index in [2.05, 4.69) is 29.1 Å². The van der Waals surface area contributed by atoms with Gasteiger partial charge < -0.3 is 15.5 Å². The molecule has 0 unspecified atom stereocenters. The van der Waals surface area contributed by atoms with E-state index < -0.39 is 0 Å². The highest BCUT2D eigenvalue weighted by Gasteiger charge is 2.20. The van der Waals surface area contributed by atoms with Crippen LogP contribution in [-0.4, -0.2) is 50.0 Å². The zero-order chi connectivity index (χ0) is 15.7. The summed E-state index contributed by atoms with van der Waals surface area (Å²) in [5.41, 5.74) is 0. The molecule has 1 aliphatic carbocycles. The summed E-state index contributed by atoms with van der Waals surface area (Å²) in [6.07, 6.45) is 7.97. The van der Waals surface area contributed by atoms with E-state index in [1.54, 1.807) is 25.1 Å². The Hall–Kier alpha value is -1.52. The number of guanidine groups is 1. The van der Waals surface area contributed by atoms with Crippen LogP contribution in [0.3, 0.4) is 0 Å². The molecule has 5 heteroatoms. The number of nitrogens with one attached hydrogen (secondary N) is 2. The van der Waals surface area contributed by atoms with Gasteiger partial charge >= 0.3 is 0 Å². The van der Waals surface area contributed by atoms with Crippen LogP contribution in [0.4, 0.5) is 0 Å². The van der Waals surface area contributed by atoms with Gasteiger partial charge in [-0.25, -0.2) is 4.99 Å². The molecule has 5 nitrogen and oxygen atoms in total. The van der Waals surface area contributed by atoms with E-state index in [-0.39, 0.29) is 12.5 Å². The van der Waals surface area contributed by atoms with Gasteiger partial charge in [-0.1, -0.05) is 19.4 Å². The van der Waals surface area contributed by atoms with E-state index in [1.165, 1.54) is 32.1 Å². The normalized spacial score (nSPS) is 22.5. The molecule has 21 heavy (non-hydrogen) atoms. The number of hydrogen-bond acceptors (Lipinski definition) is 2. The highest BCUT2D eigenvalue weighted by Crippen LogP contribution is 2.26. The van der Waals surface area contributed by atoms with E-state index in [9.17, 15) is 4.79 Å². The van der Waals surface area contributed by atoms with Gasteiger partial charge in [0.25, 0.3) is 0 Å². The van der Waals surface area contributed by atoms with Crippen LogP contribution in [-0.2, 0) is 4.79 Å². The lowest BCUT2D eigenvalue weighted by Crippen LogP contribution is -2.45. The summed E-state index contributed by atoms with van der Waals surface area (Å²) in [6.45, 7) is 6.79. The molecular weight excluding hydrogens is 264 g/mol. The lowest BCUT2D eigenvalue weighted by molar-refractivity contribution is -0.127. The number of carbonyl (C=O) groups excluding carboxylic acids is 1. The van der Waals surface area contributed by atoms with Crippen molar-refractivity contribution in [1.82, 2.24) is 15.5 Å². The van der Waals surface area contributed by atoms with Crippen LogP contribution in [0, 0.1) is 5.92 Å². The summed E-state index contributed by atoms with van der Waals surface area (Å²) in [4.78, 5) is 17.6. The molecule has 0 aliphatic heterocycles. The molecule has 0 bridgehead atoms. The second-order valence-electron chi connectivity index (χ2n) is 5.89. The molecule has 1 rings (SSSR count). The number of likely N-dealkylation sites (N-methyl/N-ethyl adjacent to an activating group) is 1. The van der Waals surface area contributed by atoms with E-state index in [0.717, 1.165) is 5.92 Å². The Kier molecular flexibility index (Phi) is 7.87. The first-order valence-corrected chi connectivity index (χ1v) is 7.92. The molecule has 0 spiro atoms. The molecule has 1 saturated carbocycles. The fraction of sp³-hybridized carbons (Fsp3) is 0.750. The Morgan fingerprint density at radius 3 is 2.52 bits per heavy atom. The van der Waals surface area contributed by atoms with Gasteiger partial charge in [-0.2, -0.15) is 0 Å². The minimum Gasteiger partial charge on any atom is -0.354 e. The van der Waals surface area contributed by atoms with Crippen LogP contribution in [0.5, 0.6) is 0 Å². The standard InChI is InChI=1S/C16H30N4O/c1-5-11-17-16(18-12-15(21)20(3)4)19-14-9-7-13(6-2)8-10-14/h5,13-14H,1,6-12H2,2-4H3,(H2,17,18,19). The number of aliphatic imine (C=N–C) groups is 1. The SMILES string of the molecule is C=CCNC(=NCC(=O)N(C)C)NC1CCC(CC)CC1. The van der Waals surface area contributed by atoms with Crippen molar-refractivity contribution in [3.63, 3.8) is 0 Å². The van der Waals surface area contributed by atoms with Gasteiger partial charge in [0.2, 0.25) is 5.91 Å². The van der Waals surface area contributed by atoms with E-state index >= 15 is 0 Å². The molecule has 0 aromatic rings. The molecule has 0 atom stereocenters. The second kappa shape index (κ2) is 9.42. The average molecular weight is 294 g/mol. The Bertz CT molecular complexity index is 357. The monoisotopic (exact) mass is 294 g/mol. The smallest absolute Gasteiger partial charge is 0.243 e. The number of nitrogens with zero attached hydrogens (tertiary/aromatic N) is 2. The average Bonchev–Trinajstić information content (AvgIpc) is 2.50. The quantitative estimate of drug-likeness (QED) is 0.446. The van der Waals surface area contributed by atoms with Crippen molar-refractivity contribution < 1.29 is 4.79 Å². The largest absolute Gasteiger partial charge is 0.354 e. The minimum absolute atomic E-state index is 0.00407. The third-order valence-electron chi connectivity index (χ3n) is 4.05. The fourth-order valence-electron chi connectivity index (χ4n) is 2.52. The first-order valence-electron chi connectivity index (χ1n) is 7.92. The Morgan fingerprint density at radius 2 is 2.00 bits per heavy atom. The third kappa shape index (κ3) is 6.65. The van der Waals surface area contributed by atoms with E-state index in [1.807, 2.05) is 0 Å². The second-order valence-corrected chi connectivity index (χ2v) is 5.89. The molecule has 0 aromatic carbocycles. The van der Waals surface area contributed by atoms with Gasteiger partial charge in [0, 0.05) is 26.7 Å². The first kappa shape index (κ1) is 17.5. The summed E-state index contributed by atoms with van der Waals surface area (Å²) in [7, 11) is 3.49. The number of rotatable bonds is 6. The lowest BCUT2D eigenvalue weighted by Gasteiger charge is -2.29. The molecule has 0 heterocycles. The molecule has 0 aromatic heterocycles. The first-order chi connectivity index (χ1) is 10.1. The Morgan fingerprint density at radius 1 is 1.33 bits per heavy atom. The van der Waals surface area contributed by atoms with Crippen LogP contribution < -0.4 is 10.6 Å². The molecule has 0 radical (unpaired) electrons. The minimum atomic E-state index is 0.00407. The third-order valence-corrected chi connectivity index (χ3v) is 4.05. The highest BCUT2D eigenvalue weighted by atomic mass is 16.2. The summed E-state index contributed by atoms with van der Waals surface area (Å²) in [5.74, 6) is 1.59. The molecule has 0 saturated heterocycles. The maximum Gasteiger partial charge on any atom is 0.243 e. The van der Waals surface area contributed by atoms with Crippen LogP contribution >= 0.6 is 0 Å². The van der Waals surface area contributed by atoms with E-state index in [0.29, 0.717) is 18.5 Å². The number of hydrogen-bond donors (Lipinski definition) is 2. The molecule has 120 valence electrons. The topological polar surface area (TPSA) is 56.7 Å². The molecular formula is C16H30N4O. The Balaban J connectivity index is 2.51. The predicted octanol–water partition coefficient (Wildman–Crippen LogP) is 1.76. The number of carbonyl (C=O) groups is 1. The lowest BCUT2D eigenvalue weighted by atomic mass is 9.84. The van der Waals surface area contributed by atoms with Crippen LogP contribution in [0.2, 0.25) is 0 Å². The zero-order valence-electron chi connectivity index (χ0n) is 13.7. The van der Waals surface area contributed by atoms with Gasteiger partial charge in [0.1, 0.15) is 6.54 Å². The fourth-order valence-corrected chi connectivity index (χ4v) is 2.52. The van der Waals surface area contributed by atoms with Crippen molar-refractivity contribution in [2.24, 2.45) is 10.9 Å². The van der Waals surface area contributed by atoms with Gasteiger partial charge in [-0.3, -0.25) is 4.79 Å². The van der Waals surface area contributed by atoms with Crippen molar-refractivity contribution >= 4 is 11.9 Å². The van der Waals surface area contributed by atoms with Crippen LogP contribution in [0.1, 0.15) is 39.0 Å². The van der Waals surface area contributed by atoms with Crippen molar-refractivity contribution in [3.05, 3.63) is 12.7 Å². The van der Waals surface area contributed by atoms with Crippen molar-refractivity contribution in [3.8, 4) is 0 Å². The van der Waals surface area contributed by atoms with Gasteiger partial charge in [-0.15, -0.1) is 6.58 Å². The van der Waals surface area contributed by atoms with E-state index in [4.69, 9.17) is 0 Å². The maximum atomic E-state index is 11.6. The van der Waals surface area contributed by atoms with Crippen LogP contribution in [0.25, 0.3) is 0 Å². The van der Waals surface area contributed by atoms with Crippen LogP contribution in [0.15, 0.2) is 17.6 Å². The Labute approximate surface area is 128 Å². The van der Waals surface area contributed by atoms with Gasteiger partial charge in [0.15, 0.2) is 5.96 Å². The zero-order valence-corrected chi connectivity index (χ0v) is 13.7. The molecule has 1 aliphatic rings. The van der Waals surface area contributed by atoms with Crippen molar-refractivity contribution in [1.29, 1.82) is 0 Å². The highest BCUT2D eigenvalue weighted by molar-refractivity contribution is 5.85. The molecule has 1 amide bonds. The maximum absolute atomic E-state index is 11.6. The van der Waals surface area contributed by atoms with Gasteiger partial charge in [0.05, 0.1) is 0 Å². The molecule has 1 fully saturated rings. The number of amides is 1. The predicted molar refractivity (Wildman–Crippen MR) is 88.4 cm³/mol.